The van der Waals surface area contributed by atoms with Crippen molar-refractivity contribution in [3.63, 3.8) is 0 Å². The highest BCUT2D eigenvalue weighted by atomic mass is 35.5. The Morgan fingerprint density at radius 1 is 1.21 bits per heavy atom. The van der Waals surface area contributed by atoms with Gasteiger partial charge in [-0.1, -0.05) is 40.9 Å². The minimum Gasteiger partial charge on any atom is -0.291 e. The van der Waals surface area contributed by atoms with Gasteiger partial charge in [0.15, 0.2) is 5.78 Å². The number of benzene rings is 1. The molecule has 1 unspecified atom stereocenters. The summed E-state index contributed by atoms with van der Waals surface area (Å²) in [7, 11) is 0. The minimum atomic E-state index is -0.985. The summed E-state index contributed by atoms with van der Waals surface area (Å²) < 4.78 is 0. The molecule has 1 aromatic heterocycles. The number of rotatable bonds is 3. The van der Waals surface area contributed by atoms with Crippen molar-refractivity contribution in [1.82, 2.24) is 0 Å². The molecular formula is C13H6Cl3NOS. The fraction of sp³-hybridized carbons (Fsp3) is 0.0769. The Labute approximate surface area is 129 Å². The van der Waals surface area contributed by atoms with Crippen LogP contribution in [-0.2, 0) is 0 Å². The second-order valence-electron chi connectivity index (χ2n) is 3.69. The van der Waals surface area contributed by atoms with E-state index in [0.29, 0.717) is 25.5 Å². The molecule has 0 bridgehead atoms. The fourth-order valence-corrected chi connectivity index (χ4v) is 3.24. The van der Waals surface area contributed by atoms with Crippen molar-refractivity contribution in [2.75, 3.05) is 0 Å². The van der Waals surface area contributed by atoms with Crippen molar-refractivity contribution in [3.05, 3.63) is 55.2 Å². The van der Waals surface area contributed by atoms with Crippen molar-refractivity contribution in [2.24, 2.45) is 0 Å². The van der Waals surface area contributed by atoms with Crippen LogP contribution in [0.25, 0.3) is 0 Å². The van der Waals surface area contributed by atoms with E-state index < -0.39 is 5.92 Å². The molecule has 0 N–H and O–H groups in total. The first kappa shape index (κ1) is 14.4. The van der Waals surface area contributed by atoms with Crippen molar-refractivity contribution in [1.29, 1.82) is 5.26 Å². The Kier molecular flexibility index (Phi) is 4.49. The first-order chi connectivity index (χ1) is 9.04. The largest absolute Gasteiger partial charge is 0.291 e. The molecule has 96 valence electrons. The summed E-state index contributed by atoms with van der Waals surface area (Å²) in [6.07, 6.45) is 0. The third kappa shape index (κ3) is 2.93. The van der Waals surface area contributed by atoms with Crippen LogP contribution in [-0.4, -0.2) is 5.78 Å². The molecule has 0 saturated carbocycles. The minimum absolute atomic E-state index is 0.292. The summed E-state index contributed by atoms with van der Waals surface area (Å²) in [6.45, 7) is 0. The van der Waals surface area contributed by atoms with Gasteiger partial charge in [0.05, 0.1) is 16.0 Å². The molecule has 0 radical (unpaired) electrons. The van der Waals surface area contributed by atoms with Crippen LogP contribution < -0.4 is 0 Å². The monoisotopic (exact) mass is 329 g/mol. The van der Waals surface area contributed by atoms with Crippen LogP contribution in [0.4, 0.5) is 0 Å². The van der Waals surface area contributed by atoms with Crippen LogP contribution in [0.3, 0.4) is 0 Å². The van der Waals surface area contributed by atoms with Crippen molar-refractivity contribution < 1.29 is 4.79 Å². The summed E-state index contributed by atoms with van der Waals surface area (Å²) in [5.41, 5.74) is 0.433. The predicted octanol–water partition coefficient (Wildman–Crippen LogP) is 5.20. The van der Waals surface area contributed by atoms with Gasteiger partial charge in [-0.2, -0.15) is 5.26 Å². The van der Waals surface area contributed by atoms with Gasteiger partial charge in [-0.15, -0.1) is 11.3 Å². The maximum absolute atomic E-state index is 12.3. The van der Waals surface area contributed by atoms with Crippen molar-refractivity contribution in [2.45, 2.75) is 5.92 Å². The molecule has 2 nitrogen and oxygen atoms in total. The molecule has 6 heteroatoms. The smallest absolute Gasteiger partial charge is 0.195 e. The molecule has 0 spiro atoms. The lowest BCUT2D eigenvalue weighted by Gasteiger charge is -2.10. The molecule has 0 aliphatic heterocycles. The molecule has 0 aliphatic rings. The third-order valence-corrected chi connectivity index (χ3v) is 4.42. The highest BCUT2D eigenvalue weighted by Gasteiger charge is 2.26. The predicted molar refractivity (Wildman–Crippen MR) is 78.5 cm³/mol. The van der Waals surface area contributed by atoms with Gasteiger partial charge in [0.1, 0.15) is 5.92 Å². The normalized spacial score (nSPS) is 11.9. The van der Waals surface area contributed by atoms with E-state index in [0.717, 1.165) is 0 Å². The molecule has 0 aliphatic carbocycles. The molecule has 2 aromatic rings. The SMILES string of the molecule is N#CC(C(=O)c1sccc1Cl)c1ccc(Cl)cc1Cl. The van der Waals surface area contributed by atoms with E-state index >= 15 is 0 Å². The molecule has 1 atom stereocenters. The lowest BCUT2D eigenvalue weighted by atomic mass is 9.95. The molecule has 1 aromatic carbocycles. The number of nitriles is 1. The number of Topliss-reactive ketones (excluding diaryl/α,β-unsaturated/α-hetero) is 1. The summed E-state index contributed by atoms with van der Waals surface area (Å²) in [5, 5.41) is 12.0. The van der Waals surface area contributed by atoms with Crippen LogP contribution in [0.2, 0.25) is 15.1 Å². The Hall–Kier alpha value is -1.05. The van der Waals surface area contributed by atoms with Gasteiger partial charge in [-0.25, -0.2) is 0 Å². The highest BCUT2D eigenvalue weighted by Crippen LogP contribution is 2.33. The molecule has 2 rings (SSSR count). The lowest BCUT2D eigenvalue weighted by molar-refractivity contribution is 0.0983. The number of thiophene rings is 1. The van der Waals surface area contributed by atoms with Gasteiger partial charge in [-0.05, 0) is 29.1 Å². The molecule has 0 fully saturated rings. The zero-order valence-corrected chi connectivity index (χ0v) is 12.4. The number of nitrogens with zero attached hydrogens (tertiary/aromatic N) is 1. The highest BCUT2D eigenvalue weighted by molar-refractivity contribution is 7.12. The molecular weight excluding hydrogens is 325 g/mol. The molecule has 0 saturated heterocycles. The topological polar surface area (TPSA) is 40.9 Å². The zero-order valence-electron chi connectivity index (χ0n) is 9.36. The first-order valence-electron chi connectivity index (χ1n) is 5.16. The van der Waals surface area contributed by atoms with Gasteiger partial charge in [-0.3, -0.25) is 4.79 Å². The summed E-state index contributed by atoms with van der Waals surface area (Å²) in [4.78, 5) is 12.7. The number of halogens is 3. The maximum Gasteiger partial charge on any atom is 0.195 e. The zero-order chi connectivity index (χ0) is 14.0. The van der Waals surface area contributed by atoms with Gasteiger partial charge >= 0.3 is 0 Å². The second-order valence-corrected chi connectivity index (χ2v) is 5.86. The van der Waals surface area contributed by atoms with Gasteiger partial charge in [0, 0.05) is 10.0 Å². The summed E-state index contributed by atoms with van der Waals surface area (Å²) >= 11 is 18.9. The summed E-state index contributed by atoms with van der Waals surface area (Å²) in [6, 6.07) is 8.27. The third-order valence-electron chi connectivity index (χ3n) is 2.51. The van der Waals surface area contributed by atoms with Crippen LogP contribution in [0.15, 0.2) is 29.6 Å². The van der Waals surface area contributed by atoms with E-state index in [1.54, 1.807) is 23.6 Å². The van der Waals surface area contributed by atoms with E-state index in [4.69, 9.17) is 34.8 Å². The second kappa shape index (κ2) is 5.94. The van der Waals surface area contributed by atoms with E-state index in [1.165, 1.54) is 17.4 Å². The first-order valence-corrected chi connectivity index (χ1v) is 7.17. The van der Waals surface area contributed by atoms with Gasteiger partial charge in [0.2, 0.25) is 0 Å². The van der Waals surface area contributed by atoms with Gasteiger partial charge in [0.25, 0.3) is 0 Å². The Morgan fingerprint density at radius 3 is 2.47 bits per heavy atom. The number of ketones is 1. The average molecular weight is 331 g/mol. The molecule has 0 amide bonds. The number of hydrogen-bond acceptors (Lipinski definition) is 3. The summed E-state index contributed by atoms with van der Waals surface area (Å²) in [5.74, 6) is -1.34. The fourth-order valence-electron chi connectivity index (χ4n) is 1.61. The molecule has 1 heterocycles. The molecule has 19 heavy (non-hydrogen) atoms. The van der Waals surface area contributed by atoms with Crippen LogP contribution >= 0.6 is 46.1 Å². The quantitative estimate of drug-likeness (QED) is 0.726. The van der Waals surface area contributed by atoms with Gasteiger partial charge < -0.3 is 0 Å². The van der Waals surface area contributed by atoms with Crippen LogP contribution in [0.1, 0.15) is 21.2 Å². The van der Waals surface area contributed by atoms with Crippen molar-refractivity contribution in [3.8, 4) is 6.07 Å². The number of carbonyl (C=O) groups is 1. The standard InChI is InChI=1S/C13H6Cl3NOS/c14-7-1-2-8(11(16)5-7)9(6-17)12(18)13-10(15)3-4-19-13/h1-5,9H. The maximum atomic E-state index is 12.3. The van der Waals surface area contributed by atoms with E-state index in [2.05, 4.69) is 0 Å². The van der Waals surface area contributed by atoms with Crippen LogP contribution in [0, 0.1) is 11.3 Å². The average Bonchev–Trinajstić information content (AvgIpc) is 2.78. The van der Waals surface area contributed by atoms with E-state index in [1.807, 2.05) is 6.07 Å². The van der Waals surface area contributed by atoms with Crippen molar-refractivity contribution >= 4 is 51.9 Å². The van der Waals surface area contributed by atoms with E-state index in [-0.39, 0.29) is 5.78 Å². The Bertz CT molecular complexity index is 675. The number of carbonyl (C=O) groups excluding carboxylic acids is 1. The Balaban J connectivity index is 2.44. The van der Waals surface area contributed by atoms with Crippen LogP contribution in [0.5, 0.6) is 0 Å². The Morgan fingerprint density at radius 2 is 1.95 bits per heavy atom. The van der Waals surface area contributed by atoms with E-state index in [9.17, 15) is 10.1 Å². The number of hydrogen-bond donors (Lipinski definition) is 0. The lowest BCUT2D eigenvalue weighted by Crippen LogP contribution is -2.10.